The van der Waals surface area contributed by atoms with Crippen molar-refractivity contribution in [3.05, 3.63) is 84.0 Å². The number of benzene rings is 2. The molecule has 2 saturated carbocycles. The van der Waals surface area contributed by atoms with Crippen LogP contribution in [0.3, 0.4) is 0 Å². The van der Waals surface area contributed by atoms with E-state index in [2.05, 4.69) is 19.6 Å². The molecule has 1 atom stereocenters. The van der Waals surface area contributed by atoms with Crippen LogP contribution in [0.4, 0.5) is 5.69 Å². The van der Waals surface area contributed by atoms with Gasteiger partial charge in [-0.05, 0) is 54.0 Å². The predicted molar refractivity (Wildman–Crippen MR) is 141 cm³/mol. The van der Waals surface area contributed by atoms with Crippen molar-refractivity contribution in [2.75, 3.05) is 10.8 Å². The summed E-state index contributed by atoms with van der Waals surface area (Å²) in [5.41, 5.74) is 1.77. The Morgan fingerprint density at radius 3 is 2.17 bits per heavy atom. The van der Waals surface area contributed by atoms with Crippen molar-refractivity contribution in [2.24, 2.45) is 10.8 Å². The van der Waals surface area contributed by atoms with E-state index < -0.39 is 20.9 Å². The normalized spacial score (nSPS) is 26.1. The van der Waals surface area contributed by atoms with Gasteiger partial charge in [0, 0.05) is 24.8 Å². The molecule has 0 aromatic heterocycles. The number of sulfonamides is 1. The van der Waals surface area contributed by atoms with Gasteiger partial charge in [-0.25, -0.2) is 8.42 Å². The van der Waals surface area contributed by atoms with E-state index in [0.29, 0.717) is 44.3 Å². The fraction of sp³-hybridized carbons (Fsp3) is 0.400. The summed E-state index contributed by atoms with van der Waals surface area (Å²) < 4.78 is 28.6. The van der Waals surface area contributed by atoms with E-state index in [-0.39, 0.29) is 21.9 Å². The number of carbonyl (C=O) groups excluding carboxylic acids is 2. The molecule has 1 aliphatic heterocycles. The Balaban J connectivity index is 1.44. The molecule has 5 rings (SSSR count). The number of allylic oxidation sites excluding steroid dienone is 3. The van der Waals surface area contributed by atoms with E-state index in [1.54, 1.807) is 30.3 Å². The zero-order valence-electron chi connectivity index (χ0n) is 21.2. The lowest BCUT2D eigenvalue weighted by molar-refractivity contribution is -0.147. The largest absolute Gasteiger partial charge is 0.299 e. The minimum atomic E-state index is -3.71. The third-order valence-electron chi connectivity index (χ3n) is 8.25. The molecular weight excluding hydrogens is 470 g/mol. The maximum atomic E-state index is 13.5. The first-order valence-corrected chi connectivity index (χ1v) is 13.9. The first-order chi connectivity index (χ1) is 16.9. The van der Waals surface area contributed by atoms with Crippen molar-refractivity contribution >= 4 is 27.3 Å². The highest BCUT2D eigenvalue weighted by molar-refractivity contribution is 7.92. The van der Waals surface area contributed by atoms with Crippen molar-refractivity contribution in [3.63, 3.8) is 0 Å². The van der Waals surface area contributed by atoms with Gasteiger partial charge in [-0.3, -0.25) is 13.9 Å². The second-order valence-corrected chi connectivity index (χ2v) is 13.6. The summed E-state index contributed by atoms with van der Waals surface area (Å²) in [5, 5.41) is 0. The Hall–Kier alpha value is -2.99. The molecule has 0 saturated heterocycles. The summed E-state index contributed by atoms with van der Waals surface area (Å²) in [7, 11) is -3.71. The van der Waals surface area contributed by atoms with Gasteiger partial charge in [0.1, 0.15) is 11.6 Å². The Morgan fingerprint density at radius 2 is 1.50 bits per heavy atom. The molecule has 36 heavy (non-hydrogen) atoms. The van der Waals surface area contributed by atoms with Crippen LogP contribution >= 0.6 is 0 Å². The van der Waals surface area contributed by atoms with Crippen LogP contribution in [0.15, 0.2) is 83.3 Å². The summed E-state index contributed by atoms with van der Waals surface area (Å²) in [6, 6.07) is 16.2. The Morgan fingerprint density at radius 1 is 0.889 bits per heavy atom. The van der Waals surface area contributed by atoms with Crippen LogP contribution in [0.25, 0.3) is 0 Å². The van der Waals surface area contributed by atoms with Gasteiger partial charge in [0.15, 0.2) is 0 Å². The number of hydrogen-bond donors (Lipinski definition) is 0. The molecule has 1 spiro atoms. The Labute approximate surface area is 214 Å². The maximum Gasteiger partial charge on any atom is 0.264 e. The molecule has 2 aromatic rings. The van der Waals surface area contributed by atoms with E-state index in [0.717, 1.165) is 16.7 Å². The average Bonchev–Trinajstić information content (AvgIpc) is 3.33. The predicted octanol–water partition coefficient (Wildman–Crippen LogP) is 5.76. The standard InChI is InChI=1S/C30H33NO4S/c1-21-16-30(26(32)18-28(2,3)19-27(30)33)17-22(21)14-15-29(4)20-31(25-13-9-8-12-24(25)29)36(34,35)23-10-6-5-7-11-23/h5-14H,1,15-20H2,2-4H3/b22-14-. The lowest BCUT2D eigenvalue weighted by Gasteiger charge is -2.38. The summed E-state index contributed by atoms with van der Waals surface area (Å²) >= 11 is 0. The first-order valence-electron chi connectivity index (χ1n) is 12.5. The van der Waals surface area contributed by atoms with Crippen LogP contribution in [-0.2, 0) is 25.0 Å². The van der Waals surface area contributed by atoms with E-state index in [4.69, 9.17) is 0 Å². The summed E-state index contributed by atoms with van der Waals surface area (Å²) in [4.78, 5) is 26.6. The first kappa shape index (κ1) is 24.7. The molecule has 0 radical (unpaired) electrons. The molecular formula is C30H33NO4S. The third kappa shape index (κ3) is 3.86. The zero-order chi connectivity index (χ0) is 25.9. The molecule has 5 nitrogen and oxygen atoms in total. The lowest BCUT2D eigenvalue weighted by atomic mass is 9.62. The number of rotatable bonds is 4. The monoisotopic (exact) mass is 503 g/mol. The number of hydrogen-bond acceptors (Lipinski definition) is 4. The van der Waals surface area contributed by atoms with Crippen molar-refractivity contribution in [1.82, 2.24) is 0 Å². The molecule has 6 heteroatoms. The summed E-state index contributed by atoms with van der Waals surface area (Å²) in [6.07, 6.45) is 4.31. The number of nitrogens with zero attached hydrogens (tertiary/aromatic N) is 1. The van der Waals surface area contributed by atoms with Gasteiger partial charge < -0.3 is 0 Å². The second-order valence-electron chi connectivity index (χ2n) is 11.7. The van der Waals surface area contributed by atoms with Gasteiger partial charge >= 0.3 is 0 Å². The van der Waals surface area contributed by atoms with Crippen LogP contribution in [-0.4, -0.2) is 26.5 Å². The van der Waals surface area contributed by atoms with Crippen LogP contribution in [0.5, 0.6) is 0 Å². The number of anilines is 1. The van der Waals surface area contributed by atoms with E-state index >= 15 is 0 Å². The summed E-state index contributed by atoms with van der Waals surface area (Å²) in [6.45, 7) is 10.6. The Bertz CT molecular complexity index is 1380. The molecule has 2 aromatic carbocycles. The van der Waals surface area contributed by atoms with Gasteiger partial charge in [-0.2, -0.15) is 0 Å². The summed E-state index contributed by atoms with van der Waals surface area (Å²) in [5.74, 6) is 0.0664. The van der Waals surface area contributed by atoms with Crippen LogP contribution in [0.2, 0.25) is 0 Å². The van der Waals surface area contributed by atoms with Gasteiger partial charge in [-0.1, -0.05) is 75.4 Å². The van der Waals surface area contributed by atoms with Crippen molar-refractivity contribution in [3.8, 4) is 0 Å². The van der Waals surface area contributed by atoms with Gasteiger partial charge in [0.2, 0.25) is 0 Å². The maximum absolute atomic E-state index is 13.5. The topological polar surface area (TPSA) is 71.5 Å². The third-order valence-corrected chi connectivity index (χ3v) is 10.0. The quantitative estimate of drug-likeness (QED) is 0.497. The number of Topliss-reactive ketones (excluding diaryl/α,β-unsaturated/α-hetero) is 2. The van der Waals surface area contributed by atoms with Gasteiger partial charge in [0.05, 0.1) is 16.0 Å². The molecule has 0 amide bonds. The van der Waals surface area contributed by atoms with Crippen LogP contribution in [0, 0.1) is 10.8 Å². The number of carbonyl (C=O) groups is 2. The van der Waals surface area contributed by atoms with Crippen LogP contribution < -0.4 is 4.31 Å². The number of para-hydroxylation sites is 1. The fourth-order valence-electron chi connectivity index (χ4n) is 6.17. The molecule has 0 bridgehead atoms. The van der Waals surface area contributed by atoms with E-state index in [1.807, 2.05) is 38.1 Å². The minimum absolute atomic E-state index is 0.0332. The number of ketones is 2. The molecule has 1 heterocycles. The highest BCUT2D eigenvalue weighted by Gasteiger charge is 2.55. The second kappa shape index (κ2) is 8.27. The smallest absolute Gasteiger partial charge is 0.264 e. The Kier molecular flexibility index (Phi) is 5.67. The highest BCUT2D eigenvalue weighted by atomic mass is 32.2. The zero-order valence-corrected chi connectivity index (χ0v) is 22.0. The molecule has 2 fully saturated rings. The van der Waals surface area contributed by atoms with Crippen molar-refractivity contribution in [2.45, 2.75) is 63.2 Å². The fourth-order valence-corrected chi connectivity index (χ4v) is 7.80. The highest BCUT2D eigenvalue weighted by Crippen LogP contribution is 2.53. The molecule has 3 aliphatic rings. The average molecular weight is 504 g/mol. The number of fused-ring (bicyclic) bond motifs is 1. The molecule has 0 N–H and O–H groups in total. The van der Waals surface area contributed by atoms with E-state index in [1.165, 1.54) is 4.31 Å². The molecule has 1 unspecified atom stereocenters. The van der Waals surface area contributed by atoms with Crippen LogP contribution in [0.1, 0.15) is 58.4 Å². The van der Waals surface area contributed by atoms with E-state index in [9.17, 15) is 18.0 Å². The molecule has 188 valence electrons. The molecule has 2 aliphatic carbocycles. The van der Waals surface area contributed by atoms with Crippen molar-refractivity contribution in [1.29, 1.82) is 0 Å². The minimum Gasteiger partial charge on any atom is -0.299 e. The van der Waals surface area contributed by atoms with Crippen molar-refractivity contribution < 1.29 is 18.0 Å². The lowest BCUT2D eigenvalue weighted by Crippen LogP contribution is -2.46. The van der Waals surface area contributed by atoms with Gasteiger partial charge in [0.25, 0.3) is 10.0 Å². The SMILES string of the molecule is C=C1CC2(C/C1=C/CC1(C)CN(S(=O)(=O)c3ccccc3)c3ccccc31)C(=O)CC(C)(C)CC2=O. The van der Waals surface area contributed by atoms with Gasteiger partial charge in [-0.15, -0.1) is 0 Å².